The molecule has 2 saturated heterocycles. The molecule has 2 fully saturated rings. The van der Waals surface area contributed by atoms with E-state index in [-0.39, 0.29) is 16.9 Å². The largest absolute Gasteiger partial charge is 0.381 e. The van der Waals surface area contributed by atoms with E-state index in [9.17, 15) is 18.0 Å². The topological polar surface area (TPSA) is 97.5 Å². The SMILES string of the molecule is Cc1nc(N[C@H](C)c2cccc(C(F)F)c2F)c2cc(C(=O)N3CCC4(CCOC4)C3)c3ncnn3c2n1. The number of ether oxygens (including phenoxy) is 1. The molecular formula is C26H26F3N7O2. The molecule has 12 heteroatoms. The number of alkyl halides is 2. The molecule has 1 spiro atoms. The van der Waals surface area contributed by atoms with Gasteiger partial charge in [-0.15, -0.1) is 0 Å². The first-order valence-corrected chi connectivity index (χ1v) is 12.5. The predicted molar refractivity (Wildman–Crippen MR) is 133 cm³/mol. The Balaban J connectivity index is 1.41. The molecule has 0 aliphatic carbocycles. The normalized spacial score (nSPS) is 20.3. The number of halogens is 3. The van der Waals surface area contributed by atoms with Gasteiger partial charge in [0, 0.05) is 30.7 Å². The molecule has 1 N–H and O–H groups in total. The van der Waals surface area contributed by atoms with Crippen molar-refractivity contribution in [3.8, 4) is 0 Å². The van der Waals surface area contributed by atoms with Crippen LogP contribution in [0.3, 0.4) is 0 Å². The number of likely N-dealkylation sites (tertiary alicyclic amines) is 1. The van der Waals surface area contributed by atoms with Crippen molar-refractivity contribution in [1.82, 2.24) is 29.5 Å². The molecule has 38 heavy (non-hydrogen) atoms. The van der Waals surface area contributed by atoms with Crippen molar-refractivity contribution in [2.75, 3.05) is 31.6 Å². The Morgan fingerprint density at radius 3 is 2.76 bits per heavy atom. The van der Waals surface area contributed by atoms with Crippen LogP contribution < -0.4 is 5.32 Å². The van der Waals surface area contributed by atoms with Crippen LogP contribution in [0.1, 0.15) is 59.5 Å². The van der Waals surface area contributed by atoms with Crippen molar-refractivity contribution < 1.29 is 22.7 Å². The number of anilines is 1. The fourth-order valence-corrected chi connectivity index (χ4v) is 5.52. The van der Waals surface area contributed by atoms with Gasteiger partial charge in [0.2, 0.25) is 0 Å². The number of hydrogen-bond donors (Lipinski definition) is 1. The Morgan fingerprint density at radius 1 is 1.18 bits per heavy atom. The van der Waals surface area contributed by atoms with Crippen LogP contribution >= 0.6 is 0 Å². The Kier molecular flexibility index (Phi) is 5.93. The first-order valence-electron chi connectivity index (χ1n) is 12.5. The monoisotopic (exact) mass is 525 g/mol. The number of carbonyl (C=O) groups is 1. The number of benzene rings is 1. The maximum atomic E-state index is 14.9. The second-order valence-corrected chi connectivity index (χ2v) is 10.1. The van der Waals surface area contributed by atoms with E-state index in [2.05, 4.69) is 25.4 Å². The molecule has 1 aromatic carbocycles. The van der Waals surface area contributed by atoms with Gasteiger partial charge in [-0.2, -0.15) is 9.61 Å². The Bertz CT molecular complexity index is 1550. The predicted octanol–water partition coefficient (Wildman–Crippen LogP) is 4.48. The van der Waals surface area contributed by atoms with Gasteiger partial charge in [-0.3, -0.25) is 4.79 Å². The molecule has 3 aromatic heterocycles. The first kappa shape index (κ1) is 24.5. The zero-order chi connectivity index (χ0) is 26.6. The molecule has 0 bridgehead atoms. The number of amides is 1. The zero-order valence-electron chi connectivity index (χ0n) is 20.9. The smallest absolute Gasteiger partial charge is 0.266 e. The Morgan fingerprint density at radius 2 is 2.00 bits per heavy atom. The van der Waals surface area contributed by atoms with Crippen LogP contribution in [-0.2, 0) is 4.74 Å². The maximum absolute atomic E-state index is 14.9. The van der Waals surface area contributed by atoms with E-state index >= 15 is 0 Å². The van der Waals surface area contributed by atoms with Crippen LogP contribution in [0.2, 0.25) is 0 Å². The van der Waals surface area contributed by atoms with Crippen molar-refractivity contribution in [1.29, 1.82) is 0 Å². The molecule has 0 radical (unpaired) electrons. The fourth-order valence-electron chi connectivity index (χ4n) is 5.52. The summed E-state index contributed by atoms with van der Waals surface area (Å²) in [5, 5.41) is 7.93. The van der Waals surface area contributed by atoms with Gasteiger partial charge in [0.05, 0.1) is 29.2 Å². The van der Waals surface area contributed by atoms with Crippen molar-refractivity contribution >= 4 is 28.4 Å². The third kappa shape index (κ3) is 4.03. The Labute approximate surface area is 216 Å². The highest BCUT2D eigenvalue weighted by Gasteiger charge is 2.43. The van der Waals surface area contributed by atoms with Crippen LogP contribution in [0.25, 0.3) is 16.7 Å². The number of rotatable bonds is 5. The number of nitrogens with one attached hydrogen (secondary N) is 1. The quantitative estimate of drug-likeness (QED) is 0.410. The van der Waals surface area contributed by atoms with Crippen molar-refractivity contribution in [2.24, 2.45) is 5.41 Å². The molecule has 1 unspecified atom stereocenters. The minimum Gasteiger partial charge on any atom is -0.381 e. The number of fused-ring (bicyclic) bond motifs is 3. The summed E-state index contributed by atoms with van der Waals surface area (Å²) in [6, 6.07) is 4.89. The van der Waals surface area contributed by atoms with Crippen LogP contribution in [0, 0.1) is 18.2 Å². The van der Waals surface area contributed by atoms with E-state index < -0.39 is 23.8 Å². The average Bonchev–Trinajstić information content (AvgIpc) is 3.65. The van der Waals surface area contributed by atoms with Gasteiger partial charge < -0.3 is 15.0 Å². The van der Waals surface area contributed by atoms with Crippen LogP contribution in [0.5, 0.6) is 0 Å². The summed E-state index contributed by atoms with van der Waals surface area (Å²) in [4.78, 5) is 28.9. The average molecular weight is 526 g/mol. The van der Waals surface area contributed by atoms with Crippen molar-refractivity contribution in [2.45, 2.75) is 39.2 Å². The molecule has 5 heterocycles. The highest BCUT2D eigenvalue weighted by Crippen LogP contribution is 2.39. The molecule has 4 aromatic rings. The third-order valence-corrected chi connectivity index (χ3v) is 7.57. The molecule has 2 aliphatic rings. The lowest BCUT2D eigenvalue weighted by Crippen LogP contribution is -2.32. The van der Waals surface area contributed by atoms with Gasteiger partial charge in [0.1, 0.15) is 23.8 Å². The number of hydrogen-bond acceptors (Lipinski definition) is 7. The summed E-state index contributed by atoms with van der Waals surface area (Å²) in [5.41, 5.74) is 0.550. The van der Waals surface area contributed by atoms with Gasteiger partial charge in [0.25, 0.3) is 12.3 Å². The van der Waals surface area contributed by atoms with E-state index in [1.54, 1.807) is 19.9 Å². The lowest BCUT2D eigenvalue weighted by Gasteiger charge is -2.22. The minimum absolute atomic E-state index is 0.00429. The summed E-state index contributed by atoms with van der Waals surface area (Å²) in [6.07, 6.45) is 0.238. The van der Waals surface area contributed by atoms with E-state index in [1.807, 2.05) is 4.90 Å². The second kappa shape index (κ2) is 9.19. The standard InChI is InChI=1S/C26H26F3N7O2/c1-14(16-4-3-5-17(20(16)27)21(28)29)32-22-18-10-19(23-30-13-31-36(23)24(18)34-15(2)33-22)25(37)35-8-6-26(11-35)7-9-38-12-26/h3-5,10,13-14,21H,6-9,11-12H2,1-2H3,(H,32,33,34)/t14-,26?/m1/s1. The number of carbonyl (C=O) groups excluding carboxylic acids is 1. The minimum atomic E-state index is -2.93. The highest BCUT2D eigenvalue weighted by atomic mass is 19.3. The molecule has 0 saturated carbocycles. The molecular weight excluding hydrogens is 499 g/mol. The fraction of sp³-hybridized carbons (Fsp3) is 0.423. The summed E-state index contributed by atoms with van der Waals surface area (Å²) in [7, 11) is 0. The lowest BCUT2D eigenvalue weighted by molar-refractivity contribution is 0.0767. The molecule has 198 valence electrons. The summed E-state index contributed by atoms with van der Waals surface area (Å²) >= 11 is 0. The summed E-state index contributed by atoms with van der Waals surface area (Å²) in [6.45, 7) is 5.93. The van der Waals surface area contributed by atoms with Crippen molar-refractivity contribution in [3.63, 3.8) is 0 Å². The number of aromatic nitrogens is 5. The van der Waals surface area contributed by atoms with Gasteiger partial charge in [0.15, 0.2) is 11.3 Å². The number of aryl methyl sites for hydroxylation is 1. The van der Waals surface area contributed by atoms with Gasteiger partial charge in [-0.1, -0.05) is 18.2 Å². The van der Waals surface area contributed by atoms with Crippen molar-refractivity contribution in [3.05, 3.63) is 58.9 Å². The van der Waals surface area contributed by atoms with E-state index in [0.717, 1.165) is 18.9 Å². The summed E-state index contributed by atoms with van der Waals surface area (Å²) < 4.78 is 48.5. The molecule has 1 amide bonds. The van der Waals surface area contributed by atoms with Crippen LogP contribution in [-0.4, -0.2) is 61.7 Å². The zero-order valence-corrected chi connectivity index (χ0v) is 20.9. The molecule has 6 rings (SSSR count). The molecule has 2 atom stereocenters. The first-order chi connectivity index (χ1) is 18.3. The van der Waals surface area contributed by atoms with Gasteiger partial charge in [-0.25, -0.2) is 28.1 Å². The maximum Gasteiger partial charge on any atom is 0.266 e. The van der Waals surface area contributed by atoms with Gasteiger partial charge >= 0.3 is 0 Å². The van der Waals surface area contributed by atoms with Crippen LogP contribution in [0.15, 0.2) is 30.6 Å². The lowest BCUT2D eigenvalue weighted by atomic mass is 9.87. The Hall–Kier alpha value is -3.80. The third-order valence-electron chi connectivity index (χ3n) is 7.57. The number of pyridine rings is 1. The van der Waals surface area contributed by atoms with Gasteiger partial charge in [-0.05, 0) is 32.8 Å². The molecule has 9 nitrogen and oxygen atoms in total. The summed E-state index contributed by atoms with van der Waals surface area (Å²) in [5.74, 6) is -0.405. The van der Waals surface area contributed by atoms with E-state index in [1.165, 1.54) is 23.0 Å². The van der Waals surface area contributed by atoms with Crippen LogP contribution in [0.4, 0.5) is 19.0 Å². The highest BCUT2D eigenvalue weighted by molar-refractivity contribution is 6.04. The second-order valence-electron chi connectivity index (χ2n) is 10.1. The van der Waals surface area contributed by atoms with E-state index in [4.69, 9.17) is 4.74 Å². The number of nitrogens with zero attached hydrogens (tertiary/aromatic N) is 6. The molecule has 2 aliphatic heterocycles. The van der Waals surface area contributed by atoms with E-state index in [0.29, 0.717) is 60.2 Å².